The lowest BCUT2D eigenvalue weighted by molar-refractivity contribution is -0.113. The molecule has 0 unspecified atom stereocenters. The van der Waals surface area contributed by atoms with Gasteiger partial charge in [0.2, 0.25) is 11.1 Å². The molecule has 0 spiro atoms. The van der Waals surface area contributed by atoms with Crippen LogP contribution in [0.5, 0.6) is 5.75 Å². The molecule has 0 saturated heterocycles. The highest BCUT2D eigenvalue weighted by atomic mass is 35.5. The molecule has 3 aromatic rings. The summed E-state index contributed by atoms with van der Waals surface area (Å²) in [5.74, 6) is 1.09. The number of carbonyl (C=O) groups is 1. The summed E-state index contributed by atoms with van der Waals surface area (Å²) in [5.41, 5.74) is 2.83. The molecule has 0 fully saturated rings. The number of carbonyl (C=O) groups excluding carboxylic acids is 1. The van der Waals surface area contributed by atoms with Crippen LogP contribution >= 0.6 is 23.4 Å². The monoisotopic (exact) mass is 441 g/mol. The van der Waals surface area contributed by atoms with Gasteiger partial charge in [-0.3, -0.25) is 4.79 Å². The van der Waals surface area contributed by atoms with Crippen molar-refractivity contribution in [2.45, 2.75) is 18.1 Å². The number of methoxy groups -OCH3 is 1. The highest BCUT2D eigenvalue weighted by molar-refractivity contribution is 7.98. The van der Waals surface area contributed by atoms with Crippen molar-refractivity contribution in [2.24, 2.45) is 0 Å². The number of hydrogen-bond acceptors (Lipinski definition) is 6. The van der Waals surface area contributed by atoms with Gasteiger partial charge < -0.3 is 15.4 Å². The van der Waals surface area contributed by atoms with Gasteiger partial charge in [0.25, 0.3) is 5.91 Å². The molecule has 1 aliphatic rings. The smallest absolute Gasteiger partial charge is 0.255 e. The van der Waals surface area contributed by atoms with Crippen LogP contribution in [0, 0.1) is 0 Å². The quantitative estimate of drug-likeness (QED) is 0.563. The van der Waals surface area contributed by atoms with Crippen LogP contribution < -0.4 is 15.4 Å². The zero-order valence-electron chi connectivity index (χ0n) is 16.6. The highest BCUT2D eigenvalue weighted by Gasteiger charge is 2.34. The Bertz CT molecular complexity index is 1110. The lowest BCUT2D eigenvalue weighted by atomic mass is 9.95. The molecule has 2 N–H and O–H groups in total. The van der Waals surface area contributed by atoms with Crippen molar-refractivity contribution >= 4 is 40.9 Å². The number of hydrogen-bond donors (Lipinski definition) is 2. The van der Waals surface area contributed by atoms with Crippen molar-refractivity contribution in [3.05, 3.63) is 70.4 Å². The van der Waals surface area contributed by atoms with Gasteiger partial charge in [-0.25, -0.2) is 4.68 Å². The first-order valence-electron chi connectivity index (χ1n) is 9.19. The Morgan fingerprint density at radius 2 is 1.90 bits per heavy atom. The van der Waals surface area contributed by atoms with Crippen molar-refractivity contribution in [3.8, 4) is 5.75 Å². The fourth-order valence-corrected chi connectivity index (χ4v) is 3.81. The first-order valence-corrected chi connectivity index (χ1v) is 10.8. The maximum Gasteiger partial charge on any atom is 0.255 e. The van der Waals surface area contributed by atoms with Crippen molar-refractivity contribution < 1.29 is 9.53 Å². The number of anilines is 2. The van der Waals surface area contributed by atoms with Gasteiger partial charge >= 0.3 is 0 Å². The van der Waals surface area contributed by atoms with Crippen LogP contribution in [-0.2, 0) is 4.79 Å². The van der Waals surface area contributed by atoms with Gasteiger partial charge in [-0.1, -0.05) is 35.5 Å². The standard InChI is InChI=1S/C21H20ClN5O2S/c1-12-17(19(28)24-15-8-10-16(29-2)11-9-15)18(13-4-6-14(22)7-5-13)27-20(23-12)25-21(26-27)30-3/h4-11,18H,1-3H3,(H,24,28)(H,23,25,26)/t18-/m0/s1. The molecule has 9 heteroatoms. The molecule has 1 aromatic heterocycles. The zero-order valence-corrected chi connectivity index (χ0v) is 18.2. The lowest BCUT2D eigenvalue weighted by Gasteiger charge is -2.28. The first-order chi connectivity index (χ1) is 14.5. The lowest BCUT2D eigenvalue weighted by Crippen LogP contribution is -2.31. The van der Waals surface area contributed by atoms with E-state index in [4.69, 9.17) is 16.3 Å². The van der Waals surface area contributed by atoms with Crippen LogP contribution in [0.2, 0.25) is 5.02 Å². The van der Waals surface area contributed by atoms with E-state index in [0.29, 0.717) is 33.1 Å². The number of nitrogens with zero attached hydrogens (tertiary/aromatic N) is 3. The van der Waals surface area contributed by atoms with Gasteiger partial charge in [0.1, 0.15) is 11.8 Å². The van der Waals surface area contributed by atoms with Gasteiger partial charge in [-0.05, 0) is 55.1 Å². The van der Waals surface area contributed by atoms with Crippen LogP contribution in [0.15, 0.2) is 65.0 Å². The van der Waals surface area contributed by atoms with Crippen LogP contribution in [-0.4, -0.2) is 34.0 Å². The second-order valence-corrected chi connectivity index (χ2v) is 7.88. The normalized spacial score (nSPS) is 15.4. The number of fused-ring (bicyclic) bond motifs is 1. The van der Waals surface area contributed by atoms with Gasteiger partial charge in [0.15, 0.2) is 0 Å². The molecular formula is C21H20ClN5O2S. The van der Waals surface area contributed by atoms with Gasteiger partial charge in [-0.2, -0.15) is 4.98 Å². The van der Waals surface area contributed by atoms with E-state index in [2.05, 4.69) is 20.7 Å². The van der Waals surface area contributed by atoms with Crippen molar-refractivity contribution in [3.63, 3.8) is 0 Å². The van der Waals surface area contributed by atoms with E-state index in [1.54, 1.807) is 48.2 Å². The predicted molar refractivity (Wildman–Crippen MR) is 119 cm³/mol. The average Bonchev–Trinajstić information content (AvgIpc) is 3.16. The summed E-state index contributed by atoms with van der Waals surface area (Å²) >= 11 is 7.53. The number of allylic oxidation sites excluding steroid dienone is 1. The molecule has 1 aliphatic heterocycles. The number of amides is 1. The van der Waals surface area contributed by atoms with Crippen molar-refractivity contribution in [1.82, 2.24) is 14.8 Å². The number of halogens is 1. The molecule has 154 valence electrons. The molecule has 0 bridgehead atoms. The number of aromatic nitrogens is 3. The number of rotatable bonds is 5. The van der Waals surface area contributed by atoms with Crippen molar-refractivity contribution in [2.75, 3.05) is 24.0 Å². The van der Waals surface area contributed by atoms with Crippen LogP contribution in [0.1, 0.15) is 18.5 Å². The number of nitrogens with one attached hydrogen (secondary N) is 2. The summed E-state index contributed by atoms with van der Waals surface area (Å²) in [6.45, 7) is 1.86. The summed E-state index contributed by atoms with van der Waals surface area (Å²) in [4.78, 5) is 17.8. The fraction of sp³-hybridized carbons (Fsp3) is 0.190. The molecule has 4 rings (SSSR count). The summed E-state index contributed by atoms with van der Waals surface area (Å²) in [6.07, 6.45) is 1.91. The van der Waals surface area contributed by atoms with E-state index in [-0.39, 0.29) is 5.91 Å². The number of benzene rings is 2. The topological polar surface area (TPSA) is 81.1 Å². The Morgan fingerprint density at radius 1 is 1.20 bits per heavy atom. The van der Waals surface area contributed by atoms with Crippen molar-refractivity contribution in [1.29, 1.82) is 0 Å². The van der Waals surface area contributed by atoms with Gasteiger partial charge in [0.05, 0.1) is 12.7 Å². The third-order valence-electron chi connectivity index (χ3n) is 4.79. The molecule has 0 aliphatic carbocycles. The van der Waals surface area contributed by atoms with E-state index in [1.165, 1.54) is 11.8 Å². The summed E-state index contributed by atoms with van der Waals surface area (Å²) < 4.78 is 6.92. The van der Waals surface area contributed by atoms with Crippen LogP contribution in [0.25, 0.3) is 0 Å². The largest absolute Gasteiger partial charge is 0.497 e. The molecule has 1 amide bonds. The summed E-state index contributed by atoms with van der Waals surface area (Å²) in [7, 11) is 1.60. The maximum atomic E-state index is 13.3. The Hall–Kier alpha value is -2.97. The molecule has 7 nitrogen and oxygen atoms in total. The Kier molecular flexibility index (Phi) is 5.69. The molecule has 0 radical (unpaired) electrons. The van der Waals surface area contributed by atoms with E-state index in [9.17, 15) is 4.79 Å². The minimum absolute atomic E-state index is 0.225. The Labute approximate surface area is 183 Å². The van der Waals surface area contributed by atoms with Gasteiger partial charge in [0, 0.05) is 16.4 Å². The minimum atomic E-state index is -0.440. The molecule has 30 heavy (non-hydrogen) atoms. The second kappa shape index (κ2) is 8.41. The maximum absolute atomic E-state index is 13.3. The Balaban J connectivity index is 1.74. The SMILES string of the molecule is COc1ccc(NC(=O)C2=C(C)Nc3nc(SC)nn3[C@H]2c2ccc(Cl)cc2)cc1. The van der Waals surface area contributed by atoms with E-state index in [1.807, 2.05) is 25.3 Å². The molecule has 1 atom stereocenters. The third-order valence-corrected chi connectivity index (χ3v) is 5.58. The highest BCUT2D eigenvalue weighted by Crippen LogP contribution is 2.36. The molecule has 2 heterocycles. The van der Waals surface area contributed by atoms with Gasteiger partial charge in [-0.15, -0.1) is 5.10 Å². The van der Waals surface area contributed by atoms with E-state index in [0.717, 1.165) is 11.3 Å². The zero-order chi connectivity index (χ0) is 21.3. The Morgan fingerprint density at radius 3 is 2.53 bits per heavy atom. The predicted octanol–water partition coefficient (Wildman–Crippen LogP) is 4.59. The van der Waals surface area contributed by atoms with E-state index >= 15 is 0 Å². The summed E-state index contributed by atoms with van der Waals surface area (Å²) in [6, 6.07) is 14.2. The molecular weight excluding hydrogens is 422 g/mol. The minimum Gasteiger partial charge on any atom is -0.497 e. The average molecular weight is 442 g/mol. The molecule has 0 saturated carbocycles. The second-order valence-electron chi connectivity index (χ2n) is 6.67. The summed E-state index contributed by atoms with van der Waals surface area (Å²) in [5, 5.41) is 12.0. The van der Waals surface area contributed by atoms with Crippen LogP contribution in [0.3, 0.4) is 0 Å². The number of thioether (sulfide) groups is 1. The van der Waals surface area contributed by atoms with E-state index < -0.39 is 6.04 Å². The number of ether oxygens (including phenoxy) is 1. The fourth-order valence-electron chi connectivity index (χ4n) is 3.34. The first kappa shape index (κ1) is 20.3. The molecule has 2 aromatic carbocycles. The van der Waals surface area contributed by atoms with Crippen LogP contribution in [0.4, 0.5) is 11.6 Å². The third kappa shape index (κ3) is 3.88.